The molecule has 0 saturated heterocycles. The third-order valence-electron chi connectivity index (χ3n) is 13.1. The van der Waals surface area contributed by atoms with E-state index in [1.54, 1.807) is 5.56 Å². The van der Waals surface area contributed by atoms with Gasteiger partial charge in [-0.25, -0.2) is 4.31 Å². The lowest BCUT2D eigenvalue weighted by Gasteiger charge is -2.34. The van der Waals surface area contributed by atoms with Crippen molar-refractivity contribution >= 4 is 17.2 Å². The van der Waals surface area contributed by atoms with E-state index in [1.807, 2.05) is 12.1 Å². The van der Waals surface area contributed by atoms with Crippen molar-refractivity contribution in [2.45, 2.75) is 254 Å². The minimum atomic E-state index is -2.61. The van der Waals surface area contributed by atoms with Crippen molar-refractivity contribution in [2.75, 3.05) is 0 Å². The molecular weight excluding hydrogens is 835 g/mol. The molecule has 6 N–H and O–H groups in total. The van der Waals surface area contributed by atoms with E-state index in [9.17, 15) is 10.2 Å². The summed E-state index contributed by atoms with van der Waals surface area (Å²) in [6, 6.07) is 7.91. The van der Waals surface area contributed by atoms with Crippen LogP contribution in [0.4, 0.5) is 0 Å². The molecule has 0 aliphatic heterocycles. The second kappa shape index (κ2) is 35.8. The van der Waals surface area contributed by atoms with Crippen LogP contribution in [-0.2, 0) is 35.4 Å². The fraction of sp³-hybridized carbons (Fsp3) is 0.782. The molecule has 0 spiro atoms. The summed E-state index contributed by atoms with van der Waals surface area (Å²) < 4.78 is 3.60. The highest BCUT2D eigenvalue weighted by Crippen LogP contribution is 2.48. The van der Waals surface area contributed by atoms with Gasteiger partial charge in [-0.05, 0) is 103 Å². The summed E-state index contributed by atoms with van der Waals surface area (Å²) in [4.78, 5) is 31.3. The first-order chi connectivity index (χ1) is 30.4. The quantitative estimate of drug-likeness (QED) is 0.0296. The van der Waals surface area contributed by atoms with Crippen molar-refractivity contribution in [3.63, 3.8) is 0 Å². The van der Waals surface area contributed by atoms with Gasteiger partial charge in [0.1, 0.15) is 11.5 Å². The first kappa shape index (κ1) is 60.7. The van der Waals surface area contributed by atoms with E-state index in [-0.39, 0.29) is 0 Å². The van der Waals surface area contributed by atoms with E-state index in [0.29, 0.717) is 11.5 Å². The Balaban J connectivity index is 0.00000269. The number of rotatable bonds is 36. The van der Waals surface area contributed by atoms with E-state index in [4.69, 9.17) is 19.6 Å². The van der Waals surface area contributed by atoms with Crippen LogP contribution >= 0.6 is 17.2 Å². The third-order valence-corrected chi connectivity index (χ3v) is 14.3. The molecule has 0 fully saturated rings. The van der Waals surface area contributed by atoms with Gasteiger partial charge in [-0.1, -0.05) is 216 Å². The molecule has 0 unspecified atom stereocenters. The fourth-order valence-electron chi connectivity index (χ4n) is 9.51. The maximum atomic E-state index is 12.8. The second-order valence-electron chi connectivity index (χ2n) is 21.2. The van der Waals surface area contributed by atoms with Gasteiger partial charge in [0.05, 0.1) is 0 Å². The molecule has 0 heterocycles. The van der Waals surface area contributed by atoms with Crippen LogP contribution in [0.5, 0.6) is 11.5 Å². The molecule has 0 bridgehead atoms. The Bertz CT molecular complexity index is 1450. The largest absolute Gasteiger partial charge is 0.508 e. The minimum absolute atomic E-state index is 0.338. The van der Waals surface area contributed by atoms with Crippen LogP contribution in [-0.4, -0.2) is 29.8 Å². The molecule has 0 atom stereocenters. The van der Waals surface area contributed by atoms with Gasteiger partial charge in [-0.15, -0.1) is 0 Å². The molecule has 64 heavy (non-hydrogen) atoms. The Hall–Kier alpha value is -1.30. The first-order valence-electron chi connectivity index (χ1n) is 26.1. The normalized spacial score (nSPS) is 12.2. The van der Waals surface area contributed by atoms with Crippen LogP contribution < -0.4 is 0 Å². The Morgan fingerprint density at radius 3 is 1.05 bits per heavy atom. The van der Waals surface area contributed by atoms with E-state index < -0.39 is 22.6 Å². The number of unbranched alkanes of at least 4 members (excludes halogenated alkanes) is 16. The van der Waals surface area contributed by atoms with Gasteiger partial charge in [0.2, 0.25) is 0 Å². The van der Waals surface area contributed by atoms with Gasteiger partial charge in [-0.3, -0.25) is 0 Å². The van der Waals surface area contributed by atoms with Gasteiger partial charge in [0.15, 0.2) is 0 Å². The number of hydrogen-bond acceptors (Lipinski definition) is 7. The zero-order valence-corrected chi connectivity index (χ0v) is 44.7. The highest BCUT2D eigenvalue weighted by Gasteiger charge is 2.35. The van der Waals surface area contributed by atoms with Crippen LogP contribution in [0, 0.1) is 23.7 Å². The van der Waals surface area contributed by atoms with Gasteiger partial charge in [0.25, 0.3) is 0 Å². The number of aromatic hydroxyl groups is 2. The number of phenolic OH excluding ortho intramolecular Hbond substituents is 2. The molecule has 0 radical (unpaired) electrons. The minimum Gasteiger partial charge on any atom is -0.508 e. The lowest BCUT2D eigenvalue weighted by atomic mass is 9.70. The Morgan fingerprint density at radius 2 is 0.719 bits per heavy atom. The Labute approximate surface area is 397 Å². The summed E-state index contributed by atoms with van der Waals surface area (Å²) >= 11 is 0. The van der Waals surface area contributed by atoms with Crippen molar-refractivity contribution in [2.24, 2.45) is 23.7 Å². The number of phenols is 2. The molecule has 0 aliphatic rings. The molecule has 2 aromatic rings. The predicted molar refractivity (Wildman–Crippen MR) is 277 cm³/mol. The first-order valence-corrected chi connectivity index (χ1v) is 28.4. The third kappa shape index (κ3) is 26.9. The number of para-hydroxylation sites is 1. The predicted octanol–water partition coefficient (Wildman–Crippen LogP) is 17.0. The Kier molecular flexibility index (Phi) is 34.0. The summed E-state index contributed by atoms with van der Waals surface area (Å²) in [5, 5.41) is 24.2. The molecule has 0 amide bonds. The highest BCUT2D eigenvalue weighted by atomic mass is 31.2. The van der Waals surface area contributed by atoms with Gasteiger partial charge in [-0.2, -0.15) is 0 Å². The summed E-state index contributed by atoms with van der Waals surface area (Å²) in [5.41, 5.74) is 7.29. The highest BCUT2D eigenvalue weighted by molar-refractivity contribution is 7.53. The molecule has 7 nitrogen and oxygen atoms in total. The van der Waals surface area contributed by atoms with Crippen LogP contribution in [0.1, 0.15) is 257 Å². The van der Waals surface area contributed by atoms with Crippen LogP contribution in [0.3, 0.4) is 0 Å². The smallest absolute Gasteiger partial charge is 0.334 e. The lowest BCUT2D eigenvalue weighted by Crippen LogP contribution is -2.24. The van der Waals surface area contributed by atoms with E-state index in [0.717, 1.165) is 73.3 Å². The van der Waals surface area contributed by atoms with Gasteiger partial charge < -0.3 is 29.8 Å². The van der Waals surface area contributed by atoms with Crippen molar-refractivity contribution < 1.29 is 34.1 Å². The van der Waals surface area contributed by atoms with Crippen molar-refractivity contribution in [1.82, 2.24) is 0 Å². The topological polar surface area (TPSA) is 131 Å². The van der Waals surface area contributed by atoms with Crippen molar-refractivity contribution in [3.8, 4) is 11.5 Å². The maximum Gasteiger partial charge on any atom is 0.334 e. The van der Waals surface area contributed by atoms with Crippen molar-refractivity contribution in [1.29, 1.82) is 0 Å². The summed E-state index contributed by atoms with van der Waals surface area (Å²) in [7, 11) is -5.22. The number of benzene rings is 2. The fourth-order valence-corrected chi connectivity index (χ4v) is 10.0. The summed E-state index contributed by atoms with van der Waals surface area (Å²) in [6.45, 7) is 23.3. The molecule has 372 valence electrons. The standard InChI is InChI=1S/C55H96O2.H4O5P2/c1-43(2)33-23-15-11-19-27-37-47-48(38-28-20-12-16-24-34-44(3)4)50(40-30-22-14-18-26-36-46(7)8)54(57)53(55(9,10)51-41-31-32-42-52(51)56)49(47)39-29-21-13-17-25-35-45(5)6;1-6(2)5-7(3)4/h31-32,41-46,56-57H,11-30,33-40H2,1-10H3;1-4H. The van der Waals surface area contributed by atoms with E-state index in [2.05, 4.69) is 85.7 Å². The maximum absolute atomic E-state index is 12.8. The van der Waals surface area contributed by atoms with Gasteiger partial charge >= 0.3 is 17.2 Å². The van der Waals surface area contributed by atoms with Crippen molar-refractivity contribution in [3.05, 3.63) is 57.6 Å². The molecule has 9 heteroatoms. The van der Waals surface area contributed by atoms with Gasteiger partial charge in [0, 0.05) is 16.5 Å². The van der Waals surface area contributed by atoms with Crippen LogP contribution in [0.15, 0.2) is 24.3 Å². The lowest BCUT2D eigenvalue weighted by molar-refractivity contribution is 0.324. The Morgan fingerprint density at radius 1 is 0.422 bits per heavy atom. The monoisotopic (exact) mass is 935 g/mol. The number of hydrogen-bond donors (Lipinski definition) is 6. The molecule has 0 saturated carbocycles. The molecule has 0 aromatic heterocycles. The molecule has 2 aromatic carbocycles. The zero-order chi connectivity index (χ0) is 47.9. The van der Waals surface area contributed by atoms with E-state index >= 15 is 0 Å². The van der Waals surface area contributed by atoms with Crippen LogP contribution in [0.2, 0.25) is 0 Å². The zero-order valence-electron chi connectivity index (χ0n) is 42.9. The van der Waals surface area contributed by atoms with Crippen LogP contribution in [0.25, 0.3) is 0 Å². The average Bonchev–Trinajstić information content (AvgIpc) is 3.20. The SMILES string of the molecule is CC(C)CCCCCCCc1c(O)c(C(C)(C)c2ccccc2O)c(CCCCCCCC(C)C)c(CCCCCCCC(C)C)c1CCCCCCCC(C)C.OP(O)OP(O)O. The molecule has 0 aliphatic carbocycles. The summed E-state index contributed by atoms with van der Waals surface area (Å²) in [5.74, 6) is 4.05. The molecule has 2 rings (SSSR count). The second-order valence-corrected chi connectivity index (χ2v) is 22.8. The summed E-state index contributed by atoms with van der Waals surface area (Å²) in [6.07, 6.45) is 35.2. The average molecular weight is 935 g/mol. The van der Waals surface area contributed by atoms with E-state index in [1.165, 1.54) is 158 Å². The molecular formula is C55H100O7P2.